The van der Waals surface area contributed by atoms with Gasteiger partial charge in [0.2, 0.25) is 5.95 Å². The molecule has 0 bridgehead atoms. The summed E-state index contributed by atoms with van der Waals surface area (Å²) in [4.78, 5) is 11.0. The van der Waals surface area contributed by atoms with Gasteiger partial charge in [0.15, 0.2) is 0 Å². The quantitative estimate of drug-likeness (QED) is 0.835. The molecule has 1 saturated heterocycles. The number of piperidine rings is 1. The molecule has 4 heteroatoms. The Labute approximate surface area is 97.1 Å². The van der Waals surface area contributed by atoms with Crippen LogP contribution >= 0.6 is 0 Å². The summed E-state index contributed by atoms with van der Waals surface area (Å²) in [5, 5.41) is 3.50. The van der Waals surface area contributed by atoms with Crippen molar-refractivity contribution in [1.29, 1.82) is 0 Å². The molecule has 1 aromatic rings. The summed E-state index contributed by atoms with van der Waals surface area (Å²) < 4.78 is 0. The summed E-state index contributed by atoms with van der Waals surface area (Å²) in [6.45, 7) is 7.30. The van der Waals surface area contributed by atoms with Gasteiger partial charge in [0.05, 0.1) is 0 Å². The lowest BCUT2D eigenvalue weighted by molar-refractivity contribution is 0.427. The van der Waals surface area contributed by atoms with Crippen LogP contribution < -0.4 is 10.2 Å². The van der Waals surface area contributed by atoms with Gasteiger partial charge in [-0.3, -0.25) is 0 Å². The largest absolute Gasteiger partial charge is 0.339 e. The van der Waals surface area contributed by atoms with Crippen LogP contribution in [0.2, 0.25) is 0 Å². The molecule has 2 heterocycles. The van der Waals surface area contributed by atoms with E-state index in [1.54, 1.807) is 0 Å². The molecule has 1 aromatic heterocycles. The van der Waals surface area contributed by atoms with Gasteiger partial charge >= 0.3 is 0 Å². The van der Waals surface area contributed by atoms with Crippen LogP contribution in [0, 0.1) is 6.92 Å². The highest BCUT2D eigenvalue weighted by Gasteiger charge is 2.20. The lowest BCUT2D eigenvalue weighted by atomic mass is 10.1. The predicted molar refractivity (Wildman–Crippen MR) is 65.7 cm³/mol. The summed E-state index contributed by atoms with van der Waals surface area (Å²) in [5.41, 5.74) is 1.11. The fourth-order valence-electron chi connectivity index (χ4n) is 2.16. The second-order valence-corrected chi connectivity index (χ2v) is 4.40. The summed E-state index contributed by atoms with van der Waals surface area (Å²) in [5.74, 6) is 0.869. The van der Waals surface area contributed by atoms with Crippen LogP contribution in [0.3, 0.4) is 0 Å². The summed E-state index contributed by atoms with van der Waals surface area (Å²) in [7, 11) is 0. The van der Waals surface area contributed by atoms with Crippen LogP contribution in [0.25, 0.3) is 0 Å². The maximum atomic E-state index is 4.38. The van der Waals surface area contributed by atoms with E-state index in [9.17, 15) is 0 Å². The Morgan fingerprint density at radius 2 is 2.19 bits per heavy atom. The number of hydrogen-bond acceptors (Lipinski definition) is 4. The maximum Gasteiger partial charge on any atom is 0.225 e. The van der Waals surface area contributed by atoms with Crippen molar-refractivity contribution >= 4 is 5.95 Å². The second-order valence-electron chi connectivity index (χ2n) is 4.40. The lowest BCUT2D eigenvalue weighted by Gasteiger charge is -2.33. The first-order valence-electron chi connectivity index (χ1n) is 6.06. The lowest BCUT2D eigenvalue weighted by Crippen LogP contribution is -2.46. The van der Waals surface area contributed by atoms with E-state index < -0.39 is 0 Å². The molecule has 0 aromatic carbocycles. The van der Waals surface area contributed by atoms with E-state index in [-0.39, 0.29) is 0 Å². The van der Waals surface area contributed by atoms with E-state index in [4.69, 9.17) is 0 Å². The Kier molecular flexibility index (Phi) is 3.72. The molecule has 1 fully saturated rings. The monoisotopic (exact) mass is 220 g/mol. The van der Waals surface area contributed by atoms with Crippen LogP contribution in [0.5, 0.6) is 0 Å². The van der Waals surface area contributed by atoms with E-state index in [0.29, 0.717) is 6.04 Å². The molecule has 0 aliphatic carbocycles. The minimum atomic E-state index is 0.587. The molecule has 2 rings (SSSR count). The molecule has 1 unspecified atom stereocenters. The molecule has 1 aliphatic rings. The zero-order valence-corrected chi connectivity index (χ0v) is 10.1. The summed E-state index contributed by atoms with van der Waals surface area (Å²) >= 11 is 0. The molecule has 0 saturated carbocycles. The molecule has 4 nitrogen and oxygen atoms in total. The maximum absolute atomic E-state index is 4.38. The minimum Gasteiger partial charge on any atom is -0.339 e. The zero-order chi connectivity index (χ0) is 11.4. The van der Waals surface area contributed by atoms with Crippen molar-refractivity contribution in [2.45, 2.75) is 32.7 Å². The highest BCUT2D eigenvalue weighted by molar-refractivity contribution is 5.30. The molecule has 0 radical (unpaired) electrons. The smallest absolute Gasteiger partial charge is 0.225 e. The predicted octanol–water partition coefficient (Wildman–Crippen LogP) is 1.36. The molecular weight excluding hydrogens is 200 g/mol. The normalized spacial score (nSPS) is 21.1. The van der Waals surface area contributed by atoms with Crippen molar-refractivity contribution in [2.75, 3.05) is 24.5 Å². The Bertz CT molecular complexity index is 320. The SMILES string of the molecule is CCNC1CCCN(c2ncc(C)cn2)C1. The van der Waals surface area contributed by atoms with E-state index in [0.717, 1.165) is 31.1 Å². The molecule has 1 N–H and O–H groups in total. The van der Waals surface area contributed by atoms with Crippen molar-refractivity contribution in [3.8, 4) is 0 Å². The first kappa shape index (κ1) is 11.3. The number of nitrogens with one attached hydrogen (secondary N) is 1. The van der Waals surface area contributed by atoms with E-state index in [1.165, 1.54) is 12.8 Å². The average molecular weight is 220 g/mol. The van der Waals surface area contributed by atoms with Gasteiger partial charge in [0, 0.05) is 31.5 Å². The second kappa shape index (κ2) is 5.25. The van der Waals surface area contributed by atoms with E-state index >= 15 is 0 Å². The molecule has 16 heavy (non-hydrogen) atoms. The third-order valence-corrected chi connectivity index (χ3v) is 2.96. The van der Waals surface area contributed by atoms with Gasteiger partial charge < -0.3 is 10.2 Å². The number of likely N-dealkylation sites (N-methyl/N-ethyl adjacent to an activating group) is 1. The van der Waals surface area contributed by atoms with Crippen molar-refractivity contribution in [3.63, 3.8) is 0 Å². The zero-order valence-electron chi connectivity index (χ0n) is 10.1. The molecule has 0 amide bonds. The van der Waals surface area contributed by atoms with Gasteiger partial charge in [0.1, 0.15) is 0 Å². The number of aromatic nitrogens is 2. The van der Waals surface area contributed by atoms with E-state index in [1.807, 2.05) is 19.3 Å². The van der Waals surface area contributed by atoms with Gasteiger partial charge in [-0.2, -0.15) is 0 Å². The summed E-state index contributed by atoms with van der Waals surface area (Å²) in [6.07, 6.45) is 6.25. The Morgan fingerprint density at radius 3 is 2.88 bits per heavy atom. The van der Waals surface area contributed by atoms with Gasteiger partial charge in [-0.05, 0) is 31.9 Å². The van der Waals surface area contributed by atoms with Crippen molar-refractivity contribution in [2.24, 2.45) is 0 Å². The molecule has 0 spiro atoms. The fraction of sp³-hybridized carbons (Fsp3) is 0.667. The first-order chi connectivity index (χ1) is 7.79. The topological polar surface area (TPSA) is 41.0 Å². The van der Waals surface area contributed by atoms with Crippen molar-refractivity contribution in [1.82, 2.24) is 15.3 Å². The Morgan fingerprint density at radius 1 is 1.44 bits per heavy atom. The minimum absolute atomic E-state index is 0.587. The van der Waals surface area contributed by atoms with Crippen LogP contribution in [0.15, 0.2) is 12.4 Å². The van der Waals surface area contributed by atoms with Crippen LogP contribution in [0.1, 0.15) is 25.3 Å². The highest BCUT2D eigenvalue weighted by Crippen LogP contribution is 2.15. The van der Waals surface area contributed by atoms with E-state index in [2.05, 4.69) is 27.1 Å². The van der Waals surface area contributed by atoms with Gasteiger partial charge in [-0.25, -0.2) is 9.97 Å². The van der Waals surface area contributed by atoms with Gasteiger partial charge in [-0.1, -0.05) is 6.92 Å². The van der Waals surface area contributed by atoms with Crippen LogP contribution in [0.4, 0.5) is 5.95 Å². The summed E-state index contributed by atoms with van der Waals surface area (Å²) in [6, 6.07) is 0.587. The van der Waals surface area contributed by atoms with Crippen LogP contribution in [-0.2, 0) is 0 Å². The number of aryl methyl sites for hydroxylation is 1. The number of hydrogen-bond donors (Lipinski definition) is 1. The highest BCUT2D eigenvalue weighted by atomic mass is 15.3. The van der Waals surface area contributed by atoms with Crippen LogP contribution in [-0.4, -0.2) is 35.6 Å². The molecule has 88 valence electrons. The van der Waals surface area contributed by atoms with Crippen molar-refractivity contribution in [3.05, 3.63) is 18.0 Å². The number of nitrogens with zero attached hydrogens (tertiary/aromatic N) is 3. The average Bonchev–Trinajstić information content (AvgIpc) is 2.31. The van der Waals surface area contributed by atoms with Gasteiger partial charge in [-0.15, -0.1) is 0 Å². The van der Waals surface area contributed by atoms with Gasteiger partial charge in [0.25, 0.3) is 0 Å². The molecular formula is C12H20N4. The van der Waals surface area contributed by atoms with Crippen molar-refractivity contribution < 1.29 is 0 Å². The fourth-order valence-corrected chi connectivity index (χ4v) is 2.16. The number of rotatable bonds is 3. The third-order valence-electron chi connectivity index (χ3n) is 2.96. The first-order valence-corrected chi connectivity index (χ1v) is 6.06. The Hall–Kier alpha value is -1.16. The molecule has 1 aliphatic heterocycles. The standard InChI is InChI=1S/C12H20N4/c1-3-13-11-5-4-6-16(9-11)12-14-7-10(2)8-15-12/h7-8,11,13H,3-6,9H2,1-2H3. The third kappa shape index (κ3) is 2.70. The molecule has 1 atom stereocenters. The Balaban J connectivity index is 2.01. The number of anilines is 1.